The van der Waals surface area contributed by atoms with Crippen LogP contribution in [0.15, 0.2) is 35.1 Å². The Balaban J connectivity index is 2.22. The van der Waals surface area contributed by atoms with E-state index < -0.39 is 5.82 Å². The molecular weight excluding hydrogens is 223 g/mol. The van der Waals surface area contributed by atoms with Crippen LogP contribution in [0, 0.1) is 5.82 Å². The minimum atomic E-state index is -0.496. The van der Waals surface area contributed by atoms with Gasteiger partial charge < -0.3 is 14.4 Å². The number of halogens is 1. The SMILES string of the molecule is CN(Cc1ccco1)c1nccc(CO)c1F. The van der Waals surface area contributed by atoms with E-state index in [0.717, 1.165) is 5.76 Å². The second kappa shape index (κ2) is 4.97. The third kappa shape index (κ3) is 2.45. The van der Waals surface area contributed by atoms with Gasteiger partial charge in [0.2, 0.25) is 0 Å². The van der Waals surface area contributed by atoms with Crippen molar-refractivity contribution in [3.05, 3.63) is 47.8 Å². The topological polar surface area (TPSA) is 49.5 Å². The first-order valence-corrected chi connectivity index (χ1v) is 5.20. The van der Waals surface area contributed by atoms with Crippen LogP contribution in [0.4, 0.5) is 10.2 Å². The van der Waals surface area contributed by atoms with Crippen LogP contribution < -0.4 is 4.90 Å². The Kier molecular flexibility index (Phi) is 3.39. The molecule has 0 aliphatic rings. The molecule has 0 aliphatic heterocycles. The molecule has 0 spiro atoms. The molecule has 4 nitrogen and oxygen atoms in total. The van der Waals surface area contributed by atoms with Gasteiger partial charge in [-0.3, -0.25) is 0 Å². The number of rotatable bonds is 4. The summed E-state index contributed by atoms with van der Waals surface area (Å²) in [5.74, 6) is 0.431. The average Bonchev–Trinajstić information content (AvgIpc) is 2.82. The first kappa shape index (κ1) is 11.6. The van der Waals surface area contributed by atoms with Crippen molar-refractivity contribution >= 4 is 5.82 Å². The minimum Gasteiger partial charge on any atom is -0.467 e. The second-order valence-corrected chi connectivity index (χ2v) is 3.70. The van der Waals surface area contributed by atoms with Crippen molar-refractivity contribution in [2.75, 3.05) is 11.9 Å². The molecule has 0 radical (unpaired) electrons. The number of aliphatic hydroxyl groups excluding tert-OH is 1. The summed E-state index contributed by atoms with van der Waals surface area (Å²) >= 11 is 0. The summed E-state index contributed by atoms with van der Waals surface area (Å²) in [6.07, 6.45) is 3.04. The number of furan rings is 1. The lowest BCUT2D eigenvalue weighted by molar-refractivity contribution is 0.275. The van der Waals surface area contributed by atoms with Gasteiger partial charge in [0.25, 0.3) is 0 Å². The Morgan fingerprint density at radius 1 is 1.47 bits per heavy atom. The molecule has 0 atom stereocenters. The summed E-state index contributed by atoms with van der Waals surface area (Å²) in [5.41, 5.74) is 0.237. The van der Waals surface area contributed by atoms with Gasteiger partial charge in [-0.2, -0.15) is 0 Å². The molecule has 1 N–H and O–H groups in total. The Morgan fingerprint density at radius 2 is 2.29 bits per heavy atom. The minimum absolute atomic E-state index is 0.202. The highest BCUT2D eigenvalue weighted by molar-refractivity contribution is 5.42. The van der Waals surface area contributed by atoms with E-state index in [-0.39, 0.29) is 18.0 Å². The molecule has 0 bridgehead atoms. The van der Waals surface area contributed by atoms with Gasteiger partial charge in [-0.25, -0.2) is 9.37 Å². The molecule has 17 heavy (non-hydrogen) atoms. The van der Waals surface area contributed by atoms with Gasteiger partial charge in [-0.15, -0.1) is 0 Å². The van der Waals surface area contributed by atoms with Gasteiger partial charge in [0.05, 0.1) is 19.4 Å². The zero-order valence-electron chi connectivity index (χ0n) is 9.43. The molecule has 0 saturated heterocycles. The molecule has 0 unspecified atom stereocenters. The number of pyridine rings is 1. The van der Waals surface area contributed by atoms with Crippen LogP contribution in [0.25, 0.3) is 0 Å². The summed E-state index contributed by atoms with van der Waals surface area (Å²) < 4.78 is 19.0. The van der Waals surface area contributed by atoms with Crippen molar-refractivity contribution in [2.45, 2.75) is 13.2 Å². The lowest BCUT2D eigenvalue weighted by Gasteiger charge is -2.18. The van der Waals surface area contributed by atoms with Crippen molar-refractivity contribution in [2.24, 2.45) is 0 Å². The molecule has 0 aromatic carbocycles. The second-order valence-electron chi connectivity index (χ2n) is 3.70. The van der Waals surface area contributed by atoms with E-state index in [1.165, 1.54) is 12.3 Å². The number of hydrogen-bond acceptors (Lipinski definition) is 4. The van der Waals surface area contributed by atoms with Gasteiger partial charge in [0.1, 0.15) is 5.76 Å². The molecule has 0 aliphatic carbocycles. The maximum absolute atomic E-state index is 13.9. The van der Waals surface area contributed by atoms with E-state index in [0.29, 0.717) is 6.54 Å². The van der Waals surface area contributed by atoms with Crippen LogP contribution in [0.1, 0.15) is 11.3 Å². The highest BCUT2D eigenvalue weighted by Gasteiger charge is 2.13. The molecular formula is C12H13FN2O2. The largest absolute Gasteiger partial charge is 0.467 e. The third-order valence-corrected chi connectivity index (χ3v) is 2.46. The fourth-order valence-electron chi connectivity index (χ4n) is 1.57. The van der Waals surface area contributed by atoms with E-state index in [1.807, 2.05) is 6.07 Å². The maximum Gasteiger partial charge on any atom is 0.171 e. The van der Waals surface area contributed by atoms with Crippen molar-refractivity contribution < 1.29 is 13.9 Å². The molecule has 0 amide bonds. The normalized spacial score (nSPS) is 10.5. The van der Waals surface area contributed by atoms with E-state index in [4.69, 9.17) is 9.52 Å². The highest BCUT2D eigenvalue weighted by atomic mass is 19.1. The quantitative estimate of drug-likeness (QED) is 0.881. The molecule has 2 rings (SSSR count). The summed E-state index contributed by atoms with van der Waals surface area (Å²) in [7, 11) is 1.72. The molecule has 2 aromatic heterocycles. The van der Waals surface area contributed by atoms with Crippen LogP contribution in [-0.2, 0) is 13.2 Å². The number of aliphatic hydroxyl groups is 1. The smallest absolute Gasteiger partial charge is 0.171 e. The van der Waals surface area contributed by atoms with E-state index >= 15 is 0 Å². The Hall–Kier alpha value is -1.88. The van der Waals surface area contributed by atoms with Gasteiger partial charge in [-0.05, 0) is 18.2 Å². The number of anilines is 1. The summed E-state index contributed by atoms with van der Waals surface area (Å²) in [5, 5.41) is 8.98. The van der Waals surface area contributed by atoms with Crippen molar-refractivity contribution in [1.29, 1.82) is 0 Å². The fraction of sp³-hybridized carbons (Fsp3) is 0.250. The number of aromatic nitrogens is 1. The standard InChI is InChI=1S/C12H13FN2O2/c1-15(7-10-3-2-6-17-10)12-11(13)9(8-16)4-5-14-12/h2-6,16H,7-8H2,1H3. The van der Waals surface area contributed by atoms with E-state index in [9.17, 15) is 4.39 Å². The van der Waals surface area contributed by atoms with Gasteiger partial charge >= 0.3 is 0 Å². The zero-order valence-corrected chi connectivity index (χ0v) is 9.43. The fourth-order valence-corrected chi connectivity index (χ4v) is 1.57. The predicted molar refractivity (Wildman–Crippen MR) is 60.9 cm³/mol. The van der Waals surface area contributed by atoms with Crippen molar-refractivity contribution in [3.8, 4) is 0 Å². The predicted octanol–water partition coefficient (Wildman–Crippen LogP) is 1.94. The van der Waals surface area contributed by atoms with Crippen LogP contribution >= 0.6 is 0 Å². The Bertz CT molecular complexity index is 485. The highest BCUT2D eigenvalue weighted by Crippen LogP contribution is 2.20. The van der Waals surface area contributed by atoms with Gasteiger partial charge in [0.15, 0.2) is 11.6 Å². The van der Waals surface area contributed by atoms with Crippen molar-refractivity contribution in [3.63, 3.8) is 0 Å². The van der Waals surface area contributed by atoms with Gasteiger partial charge in [-0.1, -0.05) is 0 Å². The summed E-state index contributed by atoms with van der Waals surface area (Å²) in [6.45, 7) is 0.0851. The summed E-state index contributed by atoms with van der Waals surface area (Å²) in [4.78, 5) is 5.60. The van der Waals surface area contributed by atoms with Crippen LogP contribution in [-0.4, -0.2) is 17.1 Å². The molecule has 0 fully saturated rings. The molecule has 0 saturated carbocycles. The maximum atomic E-state index is 13.9. The lowest BCUT2D eigenvalue weighted by Crippen LogP contribution is -2.19. The van der Waals surface area contributed by atoms with E-state index in [1.54, 1.807) is 24.3 Å². The van der Waals surface area contributed by atoms with E-state index in [2.05, 4.69) is 4.98 Å². The van der Waals surface area contributed by atoms with Gasteiger partial charge in [0, 0.05) is 18.8 Å². The molecule has 5 heteroatoms. The first-order chi connectivity index (χ1) is 8.22. The van der Waals surface area contributed by atoms with Crippen LogP contribution in [0.5, 0.6) is 0 Å². The van der Waals surface area contributed by atoms with Crippen LogP contribution in [0.3, 0.4) is 0 Å². The average molecular weight is 236 g/mol. The molecule has 2 heterocycles. The Morgan fingerprint density at radius 3 is 2.94 bits per heavy atom. The zero-order chi connectivity index (χ0) is 12.3. The molecule has 90 valence electrons. The monoisotopic (exact) mass is 236 g/mol. The van der Waals surface area contributed by atoms with Crippen LogP contribution in [0.2, 0.25) is 0 Å². The number of hydrogen-bond donors (Lipinski definition) is 1. The summed E-state index contributed by atoms with van der Waals surface area (Å²) in [6, 6.07) is 5.04. The number of nitrogens with zero attached hydrogens (tertiary/aromatic N) is 2. The first-order valence-electron chi connectivity index (χ1n) is 5.20. The molecule has 2 aromatic rings. The Labute approximate surface area is 98.3 Å². The lowest BCUT2D eigenvalue weighted by atomic mass is 10.2. The third-order valence-electron chi connectivity index (χ3n) is 2.46. The van der Waals surface area contributed by atoms with Crippen molar-refractivity contribution in [1.82, 2.24) is 4.98 Å².